The number of piperazine rings is 1. The van der Waals surface area contributed by atoms with E-state index < -0.39 is 0 Å². The number of carbonyl (C=O) groups is 1. The molecule has 0 aliphatic carbocycles. The highest BCUT2D eigenvalue weighted by Gasteiger charge is 2.19. The molecule has 0 aromatic heterocycles. The SMILES string of the molecule is O=C(CN1CCN(CCCOc2ccc(F)cc2)CC1)Nc1ccccc1Cl. The molecule has 7 heteroatoms. The minimum atomic E-state index is -0.259. The number of ether oxygens (including phenoxy) is 1. The Bertz CT molecular complexity index is 765. The summed E-state index contributed by atoms with van der Waals surface area (Å²) in [6.45, 7) is 5.48. The third-order valence-corrected chi connectivity index (χ3v) is 5.01. The normalized spacial score (nSPS) is 15.4. The first-order valence-electron chi connectivity index (χ1n) is 9.47. The second kappa shape index (κ2) is 10.4. The van der Waals surface area contributed by atoms with Gasteiger partial charge >= 0.3 is 0 Å². The van der Waals surface area contributed by atoms with Gasteiger partial charge in [0.2, 0.25) is 5.91 Å². The molecule has 0 atom stereocenters. The summed E-state index contributed by atoms with van der Waals surface area (Å²) in [7, 11) is 0. The summed E-state index contributed by atoms with van der Waals surface area (Å²) in [6.07, 6.45) is 0.907. The Labute approximate surface area is 170 Å². The number of carbonyl (C=O) groups excluding carboxylic acids is 1. The highest BCUT2D eigenvalue weighted by Crippen LogP contribution is 2.20. The Morgan fingerprint density at radius 1 is 1.04 bits per heavy atom. The van der Waals surface area contributed by atoms with E-state index in [4.69, 9.17) is 16.3 Å². The number of hydrogen-bond acceptors (Lipinski definition) is 4. The fourth-order valence-electron chi connectivity index (χ4n) is 3.14. The first-order valence-corrected chi connectivity index (χ1v) is 9.85. The number of amides is 1. The smallest absolute Gasteiger partial charge is 0.238 e. The quantitative estimate of drug-likeness (QED) is 0.683. The van der Waals surface area contributed by atoms with E-state index in [1.807, 2.05) is 12.1 Å². The minimum absolute atomic E-state index is 0.0470. The molecule has 0 unspecified atom stereocenters. The summed E-state index contributed by atoms with van der Waals surface area (Å²) in [6, 6.07) is 13.3. The molecule has 1 aliphatic heterocycles. The molecule has 5 nitrogen and oxygen atoms in total. The topological polar surface area (TPSA) is 44.8 Å². The number of nitrogens with zero attached hydrogens (tertiary/aromatic N) is 2. The monoisotopic (exact) mass is 405 g/mol. The van der Waals surface area contributed by atoms with Crippen LogP contribution >= 0.6 is 11.6 Å². The van der Waals surface area contributed by atoms with Crippen LogP contribution in [0.1, 0.15) is 6.42 Å². The molecule has 1 saturated heterocycles. The molecule has 1 aliphatic rings. The Kier molecular flexibility index (Phi) is 7.65. The van der Waals surface area contributed by atoms with E-state index in [1.54, 1.807) is 24.3 Å². The molecule has 2 aromatic rings. The van der Waals surface area contributed by atoms with E-state index in [-0.39, 0.29) is 11.7 Å². The third-order valence-electron chi connectivity index (χ3n) is 4.68. The van der Waals surface area contributed by atoms with E-state index in [0.717, 1.165) is 39.1 Å². The molecule has 1 heterocycles. The van der Waals surface area contributed by atoms with E-state index >= 15 is 0 Å². The molecule has 0 radical (unpaired) electrons. The van der Waals surface area contributed by atoms with E-state index in [9.17, 15) is 9.18 Å². The van der Waals surface area contributed by atoms with Crippen molar-refractivity contribution in [3.63, 3.8) is 0 Å². The lowest BCUT2D eigenvalue weighted by molar-refractivity contribution is -0.117. The molecule has 2 aromatic carbocycles. The number of hydrogen-bond donors (Lipinski definition) is 1. The molecule has 1 N–H and O–H groups in total. The summed E-state index contributed by atoms with van der Waals surface area (Å²) < 4.78 is 18.5. The van der Waals surface area contributed by atoms with Crippen molar-refractivity contribution in [1.82, 2.24) is 9.80 Å². The van der Waals surface area contributed by atoms with Crippen molar-refractivity contribution in [3.8, 4) is 5.75 Å². The van der Waals surface area contributed by atoms with E-state index in [2.05, 4.69) is 15.1 Å². The zero-order valence-corrected chi connectivity index (χ0v) is 16.5. The van der Waals surface area contributed by atoms with Gasteiger partial charge < -0.3 is 15.0 Å². The van der Waals surface area contributed by atoms with Crippen molar-refractivity contribution >= 4 is 23.2 Å². The van der Waals surface area contributed by atoms with Crippen LogP contribution in [0.4, 0.5) is 10.1 Å². The van der Waals surface area contributed by atoms with Crippen LogP contribution in [0.5, 0.6) is 5.75 Å². The zero-order valence-electron chi connectivity index (χ0n) is 15.7. The molecule has 3 rings (SSSR count). The van der Waals surface area contributed by atoms with Crippen LogP contribution in [-0.4, -0.2) is 61.6 Å². The Morgan fingerprint density at radius 3 is 2.43 bits per heavy atom. The molecular weight excluding hydrogens is 381 g/mol. The fourth-order valence-corrected chi connectivity index (χ4v) is 3.32. The maximum absolute atomic E-state index is 12.9. The summed E-state index contributed by atoms with van der Waals surface area (Å²) in [4.78, 5) is 16.7. The standard InChI is InChI=1S/C21H25ClFN3O2/c22-19-4-1-2-5-20(19)24-21(27)16-26-13-11-25(12-14-26)10-3-15-28-18-8-6-17(23)7-9-18/h1-2,4-9H,3,10-16H2,(H,24,27). The number of halogens is 2. The molecular formula is C21H25ClFN3O2. The van der Waals surface area contributed by atoms with Crippen LogP contribution in [0.2, 0.25) is 5.02 Å². The lowest BCUT2D eigenvalue weighted by Gasteiger charge is -2.34. The molecule has 1 amide bonds. The predicted octanol–water partition coefficient (Wildman–Crippen LogP) is 3.50. The zero-order chi connectivity index (χ0) is 19.8. The van der Waals surface area contributed by atoms with E-state index in [1.165, 1.54) is 12.1 Å². The van der Waals surface area contributed by atoms with Crippen LogP contribution in [0.3, 0.4) is 0 Å². The summed E-state index contributed by atoms with van der Waals surface area (Å²) in [5.74, 6) is 0.385. The van der Waals surface area contributed by atoms with Gasteiger partial charge in [0.25, 0.3) is 0 Å². The first-order chi connectivity index (χ1) is 13.6. The van der Waals surface area contributed by atoms with Crippen molar-refractivity contribution in [2.45, 2.75) is 6.42 Å². The van der Waals surface area contributed by atoms with Crippen molar-refractivity contribution in [2.75, 3.05) is 51.2 Å². The molecule has 1 fully saturated rings. The van der Waals surface area contributed by atoms with Gasteiger partial charge in [-0.15, -0.1) is 0 Å². The van der Waals surface area contributed by atoms with Gasteiger partial charge in [-0.25, -0.2) is 4.39 Å². The van der Waals surface area contributed by atoms with Gasteiger partial charge in [-0.1, -0.05) is 23.7 Å². The summed E-state index contributed by atoms with van der Waals surface area (Å²) in [5, 5.41) is 3.41. The van der Waals surface area contributed by atoms with Crippen LogP contribution in [0.15, 0.2) is 48.5 Å². The Balaban J connectivity index is 1.30. The second-order valence-corrected chi connectivity index (χ2v) is 7.21. The van der Waals surface area contributed by atoms with Gasteiger partial charge in [0.15, 0.2) is 0 Å². The van der Waals surface area contributed by atoms with Crippen molar-refractivity contribution < 1.29 is 13.9 Å². The average Bonchev–Trinajstić information content (AvgIpc) is 2.70. The lowest BCUT2D eigenvalue weighted by atomic mass is 10.2. The molecule has 0 bridgehead atoms. The highest BCUT2D eigenvalue weighted by atomic mass is 35.5. The molecule has 28 heavy (non-hydrogen) atoms. The van der Waals surface area contributed by atoms with Crippen molar-refractivity contribution in [2.24, 2.45) is 0 Å². The van der Waals surface area contributed by atoms with Crippen molar-refractivity contribution in [3.05, 3.63) is 59.4 Å². The van der Waals surface area contributed by atoms with Crippen molar-refractivity contribution in [1.29, 1.82) is 0 Å². The van der Waals surface area contributed by atoms with Gasteiger partial charge in [-0.2, -0.15) is 0 Å². The Hall–Kier alpha value is -2.15. The van der Waals surface area contributed by atoms with Crippen LogP contribution in [-0.2, 0) is 4.79 Å². The first kappa shape index (κ1) is 20.6. The number of anilines is 1. The number of rotatable bonds is 8. The highest BCUT2D eigenvalue weighted by molar-refractivity contribution is 6.33. The molecule has 0 saturated carbocycles. The molecule has 0 spiro atoms. The van der Waals surface area contributed by atoms with Gasteiger partial charge in [-0.05, 0) is 42.8 Å². The summed E-state index contributed by atoms with van der Waals surface area (Å²) >= 11 is 6.07. The third kappa shape index (κ3) is 6.48. The van der Waals surface area contributed by atoms with Gasteiger partial charge in [0.05, 0.1) is 23.9 Å². The van der Waals surface area contributed by atoms with Gasteiger partial charge in [0.1, 0.15) is 11.6 Å². The number of para-hydroxylation sites is 1. The summed E-state index contributed by atoms with van der Waals surface area (Å²) in [5.41, 5.74) is 0.647. The fraction of sp³-hybridized carbons (Fsp3) is 0.381. The van der Waals surface area contributed by atoms with E-state index in [0.29, 0.717) is 29.6 Å². The maximum Gasteiger partial charge on any atom is 0.238 e. The van der Waals surface area contributed by atoms with Gasteiger partial charge in [0, 0.05) is 32.7 Å². The van der Waals surface area contributed by atoms with Crippen LogP contribution < -0.4 is 10.1 Å². The van der Waals surface area contributed by atoms with Crippen LogP contribution in [0.25, 0.3) is 0 Å². The number of nitrogens with one attached hydrogen (secondary N) is 1. The molecule has 150 valence electrons. The minimum Gasteiger partial charge on any atom is -0.494 e. The van der Waals surface area contributed by atoms with Crippen LogP contribution in [0, 0.1) is 5.82 Å². The lowest BCUT2D eigenvalue weighted by Crippen LogP contribution is -2.48. The Morgan fingerprint density at radius 2 is 1.71 bits per heavy atom. The largest absolute Gasteiger partial charge is 0.494 e. The average molecular weight is 406 g/mol. The van der Waals surface area contributed by atoms with Gasteiger partial charge in [-0.3, -0.25) is 9.69 Å². The second-order valence-electron chi connectivity index (χ2n) is 6.80. The maximum atomic E-state index is 12.9. The predicted molar refractivity (Wildman–Crippen MR) is 109 cm³/mol. The number of benzene rings is 2.